The molecule has 7 heteroatoms. The molecule has 7 nitrogen and oxygen atoms in total. The normalized spacial score (nSPS) is 15.0. The Kier molecular flexibility index (Phi) is 5.67. The van der Waals surface area contributed by atoms with E-state index in [9.17, 15) is 4.79 Å². The van der Waals surface area contributed by atoms with Crippen molar-refractivity contribution in [3.05, 3.63) is 89.6 Å². The van der Waals surface area contributed by atoms with Crippen LogP contribution in [-0.4, -0.2) is 29.2 Å². The van der Waals surface area contributed by atoms with Crippen molar-refractivity contribution in [3.63, 3.8) is 0 Å². The second-order valence-electron chi connectivity index (χ2n) is 7.99. The van der Waals surface area contributed by atoms with Crippen molar-refractivity contribution in [2.75, 3.05) is 24.4 Å². The highest BCUT2D eigenvalue weighted by atomic mass is 16.5. The summed E-state index contributed by atoms with van der Waals surface area (Å²) in [7, 11) is 1.59. The van der Waals surface area contributed by atoms with Gasteiger partial charge in [-0.25, -0.2) is 4.98 Å². The molecule has 1 aliphatic rings. The average Bonchev–Trinajstić information content (AvgIpc) is 3.22. The lowest BCUT2D eigenvalue weighted by Gasteiger charge is -2.31. The fourth-order valence-corrected chi connectivity index (χ4v) is 4.48. The number of fused-ring (bicyclic) bond motifs is 3. The van der Waals surface area contributed by atoms with Crippen molar-refractivity contribution >= 4 is 28.6 Å². The molecule has 5 rings (SSSR count). The van der Waals surface area contributed by atoms with Crippen LogP contribution in [0.15, 0.2) is 84.1 Å². The number of anilines is 2. The summed E-state index contributed by atoms with van der Waals surface area (Å²) < 4.78 is 13.5. The number of carbonyl (C=O) groups is 1. The number of benzene rings is 3. The first-order valence-electron chi connectivity index (χ1n) is 11.2. The van der Waals surface area contributed by atoms with E-state index < -0.39 is 6.04 Å². The van der Waals surface area contributed by atoms with Gasteiger partial charge in [0.15, 0.2) is 0 Å². The zero-order valence-electron chi connectivity index (χ0n) is 19.3. The predicted molar refractivity (Wildman–Crippen MR) is 133 cm³/mol. The van der Waals surface area contributed by atoms with Crippen molar-refractivity contribution in [1.29, 1.82) is 0 Å². The number of amides is 1. The predicted octanol–water partition coefficient (Wildman–Crippen LogP) is 5.37. The molecule has 0 saturated heterocycles. The first-order valence-corrected chi connectivity index (χ1v) is 11.2. The highest BCUT2D eigenvalue weighted by Gasteiger charge is 2.35. The monoisotopic (exact) mass is 454 g/mol. The van der Waals surface area contributed by atoms with Crippen LogP contribution in [0.2, 0.25) is 0 Å². The number of imidazole rings is 1. The van der Waals surface area contributed by atoms with Crippen molar-refractivity contribution in [1.82, 2.24) is 9.55 Å². The molecule has 4 aromatic rings. The molecule has 1 unspecified atom stereocenters. The number of para-hydroxylation sites is 5. The number of nitrogens with one attached hydrogen (secondary N) is 2. The zero-order chi connectivity index (χ0) is 23.7. The smallest absolute Gasteiger partial charge is 0.255 e. The Morgan fingerprint density at radius 2 is 1.74 bits per heavy atom. The highest BCUT2D eigenvalue weighted by molar-refractivity contribution is 6.07. The van der Waals surface area contributed by atoms with Crippen molar-refractivity contribution in [3.8, 4) is 11.5 Å². The molecule has 0 radical (unpaired) electrons. The maximum absolute atomic E-state index is 13.8. The molecule has 1 atom stereocenters. The SMILES string of the molecule is CCOc1ccccc1C1C(C(=O)Nc2ccccc2OC)=C(C)Nc2nc3ccccc3n21. The molecule has 2 heterocycles. The van der Waals surface area contributed by atoms with Crippen LogP contribution in [0.1, 0.15) is 25.5 Å². The molecular formula is C27H26N4O3. The van der Waals surface area contributed by atoms with Gasteiger partial charge in [-0.3, -0.25) is 9.36 Å². The number of carbonyl (C=O) groups excluding carboxylic acids is 1. The van der Waals surface area contributed by atoms with Gasteiger partial charge in [-0.05, 0) is 44.2 Å². The van der Waals surface area contributed by atoms with E-state index in [0.717, 1.165) is 28.0 Å². The number of hydrogen-bond acceptors (Lipinski definition) is 5. The molecule has 1 aliphatic heterocycles. The van der Waals surface area contributed by atoms with Crippen LogP contribution in [0, 0.1) is 0 Å². The van der Waals surface area contributed by atoms with E-state index in [1.165, 1.54) is 0 Å². The summed E-state index contributed by atoms with van der Waals surface area (Å²) in [5.74, 6) is 1.78. The van der Waals surface area contributed by atoms with Gasteiger partial charge >= 0.3 is 0 Å². The Morgan fingerprint density at radius 3 is 2.53 bits per heavy atom. The summed E-state index contributed by atoms with van der Waals surface area (Å²) in [6.07, 6.45) is 0. The molecule has 0 bridgehead atoms. The zero-order valence-corrected chi connectivity index (χ0v) is 19.3. The number of nitrogens with zero attached hydrogens (tertiary/aromatic N) is 2. The van der Waals surface area contributed by atoms with Crippen LogP contribution in [0.5, 0.6) is 11.5 Å². The first-order chi connectivity index (χ1) is 16.6. The minimum absolute atomic E-state index is 0.228. The molecule has 0 fully saturated rings. The Hall–Kier alpha value is -4.26. The maximum atomic E-state index is 13.8. The minimum Gasteiger partial charge on any atom is -0.495 e. The van der Waals surface area contributed by atoms with Gasteiger partial charge in [0.1, 0.15) is 11.5 Å². The van der Waals surface area contributed by atoms with E-state index in [2.05, 4.69) is 15.2 Å². The Balaban J connectivity index is 1.69. The first kappa shape index (κ1) is 21.6. The summed E-state index contributed by atoms with van der Waals surface area (Å²) >= 11 is 0. The van der Waals surface area contributed by atoms with Gasteiger partial charge in [-0.15, -0.1) is 0 Å². The summed E-state index contributed by atoms with van der Waals surface area (Å²) in [4.78, 5) is 18.6. The lowest BCUT2D eigenvalue weighted by Crippen LogP contribution is -2.31. The fourth-order valence-electron chi connectivity index (χ4n) is 4.48. The number of ether oxygens (including phenoxy) is 2. The summed E-state index contributed by atoms with van der Waals surface area (Å²) in [6.45, 7) is 4.37. The van der Waals surface area contributed by atoms with Crippen molar-refractivity contribution in [2.45, 2.75) is 19.9 Å². The minimum atomic E-state index is -0.443. The quantitative estimate of drug-likeness (QED) is 0.410. The van der Waals surface area contributed by atoms with Crippen LogP contribution in [0.3, 0.4) is 0 Å². The van der Waals surface area contributed by atoms with Gasteiger partial charge < -0.3 is 20.1 Å². The lowest BCUT2D eigenvalue weighted by atomic mass is 9.93. The van der Waals surface area contributed by atoms with Crippen molar-refractivity contribution < 1.29 is 14.3 Å². The van der Waals surface area contributed by atoms with Crippen LogP contribution in [0.4, 0.5) is 11.6 Å². The second-order valence-corrected chi connectivity index (χ2v) is 7.99. The second kappa shape index (κ2) is 8.94. The van der Waals surface area contributed by atoms with Crippen LogP contribution in [-0.2, 0) is 4.79 Å². The van der Waals surface area contributed by atoms with Crippen LogP contribution < -0.4 is 20.1 Å². The van der Waals surface area contributed by atoms with Gasteiger partial charge in [-0.2, -0.15) is 0 Å². The lowest BCUT2D eigenvalue weighted by molar-refractivity contribution is -0.113. The molecule has 3 aromatic carbocycles. The Bertz CT molecular complexity index is 1410. The summed E-state index contributed by atoms with van der Waals surface area (Å²) in [5.41, 5.74) is 4.58. The number of hydrogen-bond donors (Lipinski definition) is 2. The summed E-state index contributed by atoms with van der Waals surface area (Å²) in [5, 5.41) is 6.39. The third-order valence-electron chi connectivity index (χ3n) is 5.94. The van der Waals surface area contributed by atoms with Gasteiger partial charge in [0, 0.05) is 11.3 Å². The van der Waals surface area contributed by atoms with E-state index in [4.69, 9.17) is 14.5 Å². The van der Waals surface area contributed by atoms with Gasteiger partial charge in [0.25, 0.3) is 5.91 Å². The molecule has 0 spiro atoms. The van der Waals surface area contributed by atoms with E-state index in [-0.39, 0.29) is 5.91 Å². The Morgan fingerprint density at radius 1 is 1.03 bits per heavy atom. The third-order valence-corrected chi connectivity index (χ3v) is 5.94. The Labute approximate surface area is 198 Å². The molecular weight excluding hydrogens is 428 g/mol. The van der Waals surface area contributed by atoms with Gasteiger partial charge in [-0.1, -0.05) is 42.5 Å². The number of methoxy groups -OCH3 is 1. The molecule has 1 aromatic heterocycles. The number of allylic oxidation sites excluding steroid dienone is 1. The van der Waals surface area contributed by atoms with E-state index in [0.29, 0.717) is 29.6 Å². The van der Waals surface area contributed by atoms with Gasteiger partial charge in [0.2, 0.25) is 5.95 Å². The number of aromatic nitrogens is 2. The fraction of sp³-hybridized carbons (Fsp3) is 0.185. The standard InChI is InChI=1S/C27H26N4O3/c1-4-34-22-15-9-5-11-18(22)25-24(26(32)29-20-13-7-10-16-23(20)33-3)17(2)28-27-30-19-12-6-8-14-21(19)31(25)27/h5-16,25H,4H2,1-3H3,(H,28,30)(H,29,32). The molecule has 2 N–H and O–H groups in total. The molecule has 1 amide bonds. The maximum Gasteiger partial charge on any atom is 0.255 e. The third kappa shape index (κ3) is 3.65. The van der Waals surface area contributed by atoms with Crippen LogP contribution >= 0.6 is 0 Å². The molecule has 0 saturated carbocycles. The van der Waals surface area contributed by atoms with Gasteiger partial charge in [0.05, 0.1) is 42.1 Å². The van der Waals surface area contributed by atoms with E-state index in [1.807, 2.05) is 86.6 Å². The topological polar surface area (TPSA) is 77.4 Å². The summed E-state index contributed by atoms with van der Waals surface area (Å²) in [6, 6.07) is 22.7. The van der Waals surface area contributed by atoms with E-state index >= 15 is 0 Å². The highest BCUT2D eigenvalue weighted by Crippen LogP contribution is 2.42. The molecule has 0 aliphatic carbocycles. The number of rotatable bonds is 6. The molecule has 34 heavy (non-hydrogen) atoms. The van der Waals surface area contributed by atoms with Crippen LogP contribution in [0.25, 0.3) is 11.0 Å². The van der Waals surface area contributed by atoms with Crippen molar-refractivity contribution in [2.24, 2.45) is 0 Å². The average molecular weight is 455 g/mol. The largest absolute Gasteiger partial charge is 0.495 e. The molecule has 172 valence electrons. The van der Waals surface area contributed by atoms with E-state index in [1.54, 1.807) is 7.11 Å².